The first-order valence-electron chi connectivity index (χ1n) is 6.76. The molecule has 1 N–H and O–H groups in total. The summed E-state index contributed by atoms with van der Waals surface area (Å²) in [7, 11) is 1.92. The van der Waals surface area contributed by atoms with Gasteiger partial charge in [0.25, 0.3) is 0 Å². The summed E-state index contributed by atoms with van der Waals surface area (Å²) in [6.07, 6.45) is 6.54. The van der Waals surface area contributed by atoms with Crippen LogP contribution in [0.1, 0.15) is 39.0 Å². The topological polar surface area (TPSA) is 28.2 Å². The number of rotatable bonds is 3. The van der Waals surface area contributed by atoms with Crippen molar-refractivity contribution >= 4 is 11.6 Å². The van der Waals surface area contributed by atoms with Gasteiger partial charge in [0.2, 0.25) is 0 Å². The largest absolute Gasteiger partial charge is 0.373 e. The first-order chi connectivity index (χ1) is 8.35. The fraction of sp³-hybridized carbons (Fsp3) is 0.643. The maximum Gasteiger partial charge on any atom is 0.131 e. The smallest absolute Gasteiger partial charge is 0.131 e. The summed E-state index contributed by atoms with van der Waals surface area (Å²) < 4.78 is 0. The Morgan fingerprint density at radius 3 is 3.00 bits per heavy atom. The molecule has 0 aliphatic carbocycles. The van der Waals surface area contributed by atoms with Crippen molar-refractivity contribution in [3.63, 3.8) is 0 Å². The van der Waals surface area contributed by atoms with Crippen molar-refractivity contribution in [2.75, 3.05) is 23.8 Å². The van der Waals surface area contributed by atoms with Crippen LogP contribution in [-0.4, -0.2) is 24.6 Å². The quantitative estimate of drug-likeness (QED) is 0.868. The number of nitrogens with zero attached hydrogens (tertiary/aromatic N) is 2. The number of aromatic nitrogens is 1. The Balaban J connectivity index is 2.21. The molecule has 1 unspecified atom stereocenters. The van der Waals surface area contributed by atoms with Gasteiger partial charge in [-0.15, -0.1) is 0 Å². The molecular formula is C14H23N3. The van der Waals surface area contributed by atoms with Crippen LogP contribution in [0, 0.1) is 0 Å². The van der Waals surface area contributed by atoms with Gasteiger partial charge in [0, 0.05) is 19.6 Å². The van der Waals surface area contributed by atoms with Gasteiger partial charge in [0.1, 0.15) is 11.6 Å². The predicted octanol–water partition coefficient (Wildman–Crippen LogP) is 3.28. The molecule has 1 aromatic heterocycles. The highest BCUT2D eigenvalue weighted by molar-refractivity contribution is 5.47. The monoisotopic (exact) mass is 233 g/mol. The lowest BCUT2D eigenvalue weighted by Crippen LogP contribution is -2.35. The van der Waals surface area contributed by atoms with Crippen molar-refractivity contribution in [3.05, 3.63) is 18.2 Å². The molecule has 0 radical (unpaired) electrons. The molecule has 1 aliphatic heterocycles. The lowest BCUT2D eigenvalue weighted by atomic mass is 10.1. The zero-order valence-electron chi connectivity index (χ0n) is 10.9. The molecule has 94 valence electrons. The summed E-state index contributed by atoms with van der Waals surface area (Å²) in [5.41, 5.74) is 0. The van der Waals surface area contributed by atoms with Gasteiger partial charge in [-0.2, -0.15) is 0 Å². The van der Waals surface area contributed by atoms with E-state index in [0.717, 1.165) is 18.2 Å². The van der Waals surface area contributed by atoms with Gasteiger partial charge in [-0.3, -0.25) is 0 Å². The predicted molar refractivity (Wildman–Crippen MR) is 73.7 cm³/mol. The summed E-state index contributed by atoms with van der Waals surface area (Å²) in [6, 6.07) is 6.90. The Labute approximate surface area is 104 Å². The molecule has 17 heavy (non-hydrogen) atoms. The van der Waals surface area contributed by atoms with E-state index in [1.54, 1.807) is 0 Å². The average molecular weight is 233 g/mol. The minimum atomic E-state index is 0.664. The second-order valence-electron chi connectivity index (χ2n) is 4.74. The molecule has 0 bridgehead atoms. The third-order valence-corrected chi connectivity index (χ3v) is 3.63. The molecule has 2 heterocycles. The lowest BCUT2D eigenvalue weighted by Gasteiger charge is -2.30. The number of pyridine rings is 1. The first kappa shape index (κ1) is 12.2. The zero-order valence-corrected chi connectivity index (χ0v) is 10.9. The molecule has 3 nitrogen and oxygen atoms in total. The summed E-state index contributed by atoms with van der Waals surface area (Å²) in [6.45, 7) is 3.43. The van der Waals surface area contributed by atoms with Crippen LogP contribution in [-0.2, 0) is 0 Å². The van der Waals surface area contributed by atoms with Crippen LogP contribution in [0.5, 0.6) is 0 Å². The average Bonchev–Trinajstić information content (AvgIpc) is 2.63. The molecular weight excluding hydrogens is 210 g/mol. The SMILES string of the molecule is CCC1CCCCCN1c1cccc(NC)n1. The molecule has 0 spiro atoms. The van der Waals surface area contributed by atoms with E-state index in [1.807, 2.05) is 13.1 Å². The van der Waals surface area contributed by atoms with Crippen LogP contribution in [0.15, 0.2) is 18.2 Å². The fourth-order valence-corrected chi connectivity index (χ4v) is 2.63. The highest BCUT2D eigenvalue weighted by Gasteiger charge is 2.20. The first-order valence-corrected chi connectivity index (χ1v) is 6.76. The standard InChI is InChI=1S/C14H23N3/c1-3-12-8-5-4-6-11-17(12)14-10-7-9-13(15-2)16-14/h7,9-10,12H,3-6,8,11H2,1-2H3,(H,15,16). The van der Waals surface area contributed by atoms with E-state index in [9.17, 15) is 0 Å². The molecule has 1 aromatic rings. The van der Waals surface area contributed by atoms with E-state index >= 15 is 0 Å². The molecule has 0 amide bonds. The van der Waals surface area contributed by atoms with Gasteiger partial charge >= 0.3 is 0 Å². The van der Waals surface area contributed by atoms with Crippen molar-refractivity contribution in [1.29, 1.82) is 0 Å². The normalized spacial score (nSPS) is 21.1. The Kier molecular flexibility index (Phi) is 4.24. The van der Waals surface area contributed by atoms with Crippen LogP contribution < -0.4 is 10.2 Å². The zero-order chi connectivity index (χ0) is 12.1. The van der Waals surface area contributed by atoms with Gasteiger partial charge in [-0.25, -0.2) is 4.98 Å². The van der Waals surface area contributed by atoms with Crippen molar-refractivity contribution in [2.45, 2.75) is 45.1 Å². The molecule has 3 heteroatoms. The lowest BCUT2D eigenvalue weighted by molar-refractivity contribution is 0.552. The second kappa shape index (κ2) is 5.89. The summed E-state index contributed by atoms with van der Waals surface area (Å²) in [5, 5.41) is 3.12. The third-order valence-electron chi connectivity index (χ3n) is 3.63. The Hall–Kier alpha value is -1.25. The highest BCUT2D eigenvalue weighted by atomic mass is 15.2. The number of nitrogens with one attached hydrogen (secondary N) is 1. The van der Waals surface area contributed by atoms with Gasteiger partial charge in [-0.1, -0.05) is 25.8 Å². The second-order valence-corrected chi connectivity index (χ2v) is 4.74. The van der Waals surface area contributed by atoms with Gasteiger partial charge < -0.3 is 10.2 Å². The maximum atomic E-state index is 4.67. The Morgan fingerprint density at radius 1 is 1.35 bits per heavy atom. The van der Waals surface area contributed by atoms with Gasteiger partial charge in [0.15, 0.2) is 0 Å². The Bertz CT molecular complexity index is 351. The molecule has 1 aliphatic rings. The van der Waals surface area contributed by atoms with Crippen molar-refractivity contribution in [2.24, 2.45) is 0 Å². The van der Waals surface area contributed by atoms with Crippen molar-refractivity contribution in [1.82, 2.24) is 4.98 Å². The fourth-order valence-electron chi connectivity index (χ4n) is 2.63. The number of hydrogen-bond acceptors (Lipinski definition) is 3. The van der Waals surface area contributed by atoms with E-state index in [2.05, 4.69) is 34.3 Å². The van der Waals surface area contributed by atoms with E-state index in [4.69, 9.17) is 0 Å². The minimum absolute atomic E-state index is 0.664. The van der Waals surface area contributed by atoms with Gasteiger partial charge in [-0.05, 0) is 31.4 Å². The van der Waals surface area contributed by atoms with Crippen molar-refractivity contribution in [3.8, 4) is 0 Å². The van der Waals surface area contributed by atoms with E-state index in [-0.39, 0.29) is 0 Å². The van der Waals surface area contributed by atoms with E-state index in [1.165, 1.54) is 32.1 Å². The Morgan fingerprint density at radius 2 is 2.24 bits per heavy atom. The molecule has 1 fully saturated rings. The van der Waals surface area contributed by atoms with Crippen LogP contribution in [0.3, 0.4) is 0 Å². The van der Waals surface area contributed by atoms with Crippen molar-refractivity contribution < 1.29 is 0 Å². The summed E-state index contributed by atoms with van der Waals surface area (Å²) in [4.78, 5) is 7.16. The number of anilines is 2. The van der Waals surface area contributed by atoms with Crippen LogP contribution in [0.2, 0.25) is 0 Å². The molecule has 0 saturated carbocycles. The molecule has 1 saturated heterocycles. The van der Waals surface area contributed by atoms with Gasteiger partial charge in [0.05, 0.1) is 0 Å². The molecule has 0 aromatic carbocycles. The third kappa shape index (κ3) is 2.90. The minimum Gasteiger partial charge on any atom is -0.373 e. The van der Waals surface area contributed by atoms with Crippen LogP contribution >= 0.6 is 0 Å². The highest BCUT2D eigenvalue weighted by Crippen LogP contribution is 2.25. The van der Waals surface area contributed by atoms with Crippen LogP contribution in [0.25, 0.3) is 0 Å². The molecule has 2 rings (SSSR count). The number of hydrogen-bond donors (Lipinski definition) is 1. The van der Waals surface area contributed by atoms with E-state index in [0.29, 0.717) is 6.04 Å². The summed E-state index contributed by atoms with van der Waals surface area (Å²) in [5.74, 6) is 2.09. The maximum absolute atomic E-state index is 4.67. The summed E-state index contributed by atoms with van der Waals surface area (Å²) >= 11 is 0. The molecule has 1 atom stereocenters. The van der Waals surface area contributed by atoms with E-state index < -0.39 is 0 Å². The van der Waals surface area contributed by atoms with Crippen LogP contribution in [0.4, 0.5) is 11.6 Å².